The molecule has 0 saturated carbocycles. The van der Waals surface area contributed by atoms with Gasteiger partial charge in [-0.05, 0) is 24.3 Å². The Labute approximate surface area is 119 Å². The molecule has 0 atom stereocenters. The molecular weight excluding hydrogens is 287 g/mol. The number of Topliss-reactive ketones (excluding diaryl/α,β-unsaturated/α-hetero) is 1. The molecule has 4 nitrogen and oxygen atoms in total. The van der Waals surface area contributed by atoms with E-state index in [4.69, 9.17) is 23.2 Å². The summed E-state index contributed by atoms with van der Waals surface area (Å²) in [6, 6.07) is 8.00. The molecule has 2 rings (SSSR count). The third-order valence-corrected chi connectivity index (χ3v) is 3.14. The quantitative estimate of drug-likeness (QED) is 0.847. The van der Waals surface area contributed by atoms with Gasteiger partial charge < -0.3 is 10.3 Å². The van der Waals surface area contributed by atoms with Gasteiger partial charge in [0, 0.05) is 6.92 Å². The second-order valence-corrected chi connectivity index (χ2v) is 4.71. The second-order valence-electron chi connectivity index (χ2n) is 3.89. The van der Waals surface area contributed by atoms with Crippen molar-refractivity contribution in [3.8, 4) is 0 Å². The summed E-state index contributed by atoms with van der Waals surface area (Å²) < 4.78 is 0. The lowest BCUT2D eigenvalue weighted by Gasteiger charge is -2.07. The van der Waals surface area contributed by atoms with Crippen LogP contribution in [0.5, 0.6) is 0 Å². The second kappa shape index (κ2) is 5.47. The number of benzene rings is 1. The largest absolute Gasteiger partial charge is 0.348 e. The van der Waals surface area contributed by atoms with Gasteiger partial charge in [-0.25, -0.2) is 0 Å². The van der Waals surface area contributed by atoms with Crippen LogP contribution in [0, 0.1) is 0 Å². The number of ketones is 1. The third-order valence-electron chi connectivity index (χ3n) is 2.51. The van der Waals surface area contributed by atoms with Crippen LogP contribution >= 0.6 is 23.2 Å². The van der Waals surface area contributed by atoms with Crippen molar-refractivity contribution >= 4 is 40.6 Å². The molecule has 0 fully saturated rings. The van der Waals surface area contributed by atoms with Crippen molar-refractivity contribution in [2.75, 3.05) is 5.32 Å². The fourth-order valence-electron chi connectivity index (χ4n) is 1.53. The van der Waals surface area contributed by atoms with Crippen LogP contribution in [0.3, 0.4) is 0 Å². The SMILES string of the molecule is CC(=O)c1ccc(C(=O)Nc2c(Cl)cccc2Cl)[nH]1. The van der Waals surface area contributed by atoms with E-state index in [1.807, 2.05) is 0 Å². The van der Waals surface area contributed by atoms with Crippen molar-refractivity contribution in [3.05, 3.63) is 51.8 Å². The minimum Gasteiger partial charge on any atom is -0.348 e. The summed E-state index contributed by atoms with van der Waals surface area (Å²) in [5.41, 5.74) is 0.978. The maximum Gasteiger partial charge on any atom is 0.272 e. The third kappa shape index (κ3) is 2.97. The van der Waals surface area contributed by atoms with E-state index in [-0.39, 0.29) is 11.5 Å². The van der Waals surface area contributed by atoms with Gasteiger partial charge in [-0.3, -0.25) is 9.59 Å². The van der Waals surface area contributed by atoms with Gasteiger partial charge >= 0.3 is 0 Å². The molecule has 0 saturated heterocycles. The molecule has 1 aromatic heterocycles. The summed E-state index contributed by atoms with van der Waals surface area (Å²) in [4.78, 5) is 25.8. The molecule has 0 bridgehead atoms. The molecule has 0 spiro atoms. The maximum absolute atomic E-state index is 12.0. The van der Waals surface area contributed by atoms with E-state index in [0.29, 0.717) is 21.4 Å². The smallest absolute Gasteiger partial charge is 0.272 e. The molecule has 0 aliphatic carbocycles. The number of aromatic nitrogens is 1. The number of hydrogen-bond acceptors (Lipinski definition) is 2. The van der Waals surface area contributed by atoms with Crippen molar-refractivity contribution in [2.24, 2.45) is 0 Å². The van der Waals surface area contributed by atoms with Gasteiger partial charge in [-0.1, -0.05) is 29.3 Å². The Balaban J connectivity index is 2.23. The molecule has 2 aromatic rings. The highest BCUT2D eigenvalue weighted by Crippen LogP contribution is 2.30. The molecule has 0 aliphatic heterocycles. The first-order chi connectivity index (χ1) is 8.99. The van der Waals surface area contributed by atoms with Gasteiger partial charge in [-0.15, -0.1) is 0 Å². The Morgan fingerprint density at radius 2 is 1.63 bits per heavy atom. The van der Waals surface area contributed by atoms with E-state index in [0.717, 1.165) is 0 Å². The van der Waals surface area contributed by atoms with Crippen molar-refractivity contribution in [3.63, 3.8) is 0 Å². The summed E-state index contributed by atoms with van der Waals surface area (Å²) in [7, 11) is 0. The molecule has 19 heavy (non-hydrogen) atoms. The summed E-state index contributed by atoms with van der Waals surface area (Å²) >= 11 is 11.9. The highest BCUT2D eigenvalue weighted by atomic mass is 35.5. The van der Waals surface area contributed by atoms with Crippen LogP contribution in [0.2, 0.25) is 10.0 Å². The van der Waals surface area contributed by atoms with E-state index in [9.17, 15) is 9.59 Å². The molecule has 1 aromatic carbocycles. The molecule has 0 radical (unpaired) electrons. The fourth-order valence-corrected chi connectivity index (χ4v) is 2.02. The number of halogens is 2. The Hall–Kier alpha value is -1.78. The van der Waals surface area contributed by atoms with Gasteiger partial charge in [-0.2, -0.15) is 0 Å². The highest BCUT2D eigenvalue weighted by molar-refractivity contribution is 6.40. The summed E-state index contributed by atoms with van der Waals surface area (Å²) in [5, 5.41) is 3.29. The first-order valence-corrected chi connectivity index (χ1v) is 6.20. The minimum atomic E-state index is -0.414. The standard InChI is InChI=1S/C13H10Cl2N2O2/c1-7(18)10-5-6-11(16-10)13(19)17-12-8(14)3-2-4-9(12)15/h2-6,16H,1H3,(H,17,19). The molecule has 0 aliphatic rings. The first kappa shape index (κ1) is 13.6. The Morgan fingerprint density at radius 3 is 2.16 bits per heavy atom. The Bertz CT molecular complexity index is 630. The van der Waals surface area contributed by atoms with Gasteiger partial charge in [0.1, 0.15) is 5.69 Å². The van der Waals surface area contributed by atoms with E-state index in [1.165, 1.54) is 13.0 Å². The van der Waals surface area contributed by atoms with Crippen LogP contribution in [-0.2, 0) is 0 Å². The molecule has 6 heteroatoms. The zero-order chi connectivity index (χ0) is 14.0. The molecule has 0 unspecified atom stereocenters. The van der Waals surface area contributed by atoms with Crippen LogP contribution in [0.15, 0.2) is 30.3 Å². The number of carbonyl (C=O) groups is 2. The van der Waals surface area contributed by atoms with Crippen LogP contribution in [0.25, 0.3) is 0 Å². The number of anilines is 1. The normalized spacial score (nSPS) is 10.3. The zero-order valence-corrected chi connectivity index (χ0v) is 11.5. The number of amides is 1. The molecule has 1 heterocycles. The van der Waals surface area contributed by atoms with Gasteiger partial charge in [0.15, 0.2) is 5.78 Å². The molecule has 98 valence electrons. The monoisotopic (exact) mass is 296 g/mol. The minimum absolute atomic E-state index is 0.144. The number of rotatable bonds is 3. The van der Waals surface area contributed by atoms with Gasteiger partial charge in [0.25, 0.3) is 5.91 Å². The number of hydrogen-bond donors (Lipinski definition) is 2. The van der Waals surface area contributed by atoms with E-state index >= 15 is 0 Å². The van der Waals surface area contributed by atoms with Gasteiger partial charge in [0.05, 0.1) is 21.4 Å². The van der Waals surface area contributed by atoms with Crippen molar-refractivity contribution in [1.29, 1.82) is 0 Å². The molecule has 2 N–H and O–H groups in total. The highest BCUT2D eigenvalue weighted by Gasteiger charge is 2.13. The van der Waals surface area contributed by atoms with Crippen molar-refractivity contribution < 1.29 is 9.59 Å². The predicted molar refractivity (Wildman–Crippen MR) is 75.2 cm³/mol. The van der Waals surface area contributed by atoms with Crippen LogP contribution in [0.4, 0.5) is 5.69 Å². The van der Waals surface area contributed by atoms with Crippen LogP contribution in [-0.4, -0.2) is 16.7 Å². The molecule has 1 amide bonds. The lowest BCUT2D eigenvalue weighted by Crippen LogP contribution is -2.13. The number of carbonyl (C=O) groups excluding carboxylic acids is 2. The zero-order valence-electron chi connectivity index (χ0n) is 9.96. The summed E-state index contributed by atoms with van der Waals surface area (Å²) in [6.07, 6.45) is 0. The average Bonchev–Trinajstić information content (AvgIpc) is 2.83. The topological polar surface area (TPSA) is 62.0 Å². The predicted octanol–water partition coefficient (Wildman–Crippen LogP) is 3.78. The van der Waals surface area contributed by atoms with Crippen LogP contribution < -0.4 is 5.32 Å². The van der Waals surface area contributed by atoms with Crippen LogP contribution in [0.1, 0.15) is 27.9 Å². The van der Waals surface area contributed by atoms with Crippen molar-refractivity contribution in [2.45, 2.75) is 6.92 Å². The Morgan fingerprint density at radius 1 is 1.05 bits per heavy atom. The lowest BCUT2D eigenvalue weighted by molar-refractivity contribution is 0.101. The number of para-hydroxylation sites is 1. The summed E-state index contributed by atoms with van der Waals surface area (Å²) in [5.74, 6) is -0.558. The van der Waals surface area contributed by atoms with E-state index in [1.54, 1.807) is 24.3 Å². The number of nitrogens with one attached hydrogen (secondary N) is 2. The van der Waals surface area contributed by atoms with Gasteiger partial charge in [0.2, 0.25) is 0 Å². The first-order valence-electron chi connectivity index (χ1n) is 5.44. The van der Waals surface area contributed by atoms with E-state index in [2.05, 4.69) is 10.3 Å². The maximum atomic E-state index is 12.0. The fraction of sp³-hybridized carbons (Fsp3) is 0.0769. The van der Waals surface area contributed by atoms with Crippen molar-refractivity contribution in [1.82, 2.24) is 4.98 Å². The number of aromatic amines is 1. The Kier molecular flexibility index (Phi) is 3.93. The summed E-state index contributed by atoms with van der Waals surface area (Å²) in [6.45, 7) is 1.42. The van der Waals surface area contributed by atoms with E-state index < -0.39 is 5.91 Å². The number of H-pyrrole nitrogens is 1. The average molecular weight is 297 g/mol. The lowest BCUT2D eigenvalue weighted by atomic mass is 10.3. The molecular formula is C13H10Cl2N2O2.